The van der Waals surface area contributed by atoms with Gasteiger partial charge in [-0.15, -0.1) is 11.8 Å². The Labute approximate surface area is 112 Å². The summed E-state index contributed by atoms with van der Waals surface area (Å²) in [7, 11) is 0. The molecule has 18 heavy (non-hydrogen) atoms. The fourth-order valence-electron chi connectivity index (χ4n) is 1.41. The molecular formula is C12H21NO4S. The van der Waals surface area contributed by atoms with Crippen molar-refractivity contribution in [1.82, 2.24) is 4.90 Å². The lowest BCUT2D eigenvalue weighted by atomic mass is 10.2. The van der Waals surface area contributed by atoms with Crippen LogP contribution in [0.2, 0.25) is 0 Å². The number of carbonyl (C=O) groups is 2. The van der Waals surface area contributed by atoms with Gasteiger partial charge in [0, 0.05) is 18.3 Å². The van der Waals surface area contributed by atoms with Gasteiger partial charge >= 0.3 is 12.1 Å². The molecular weight excluding hydrogens is 254 g/mol. The molecule has 0 aromatic carbocycles. The van der Waals surface area contributed by atoms with E-state index in [-0.39, 0.29) is 12.1 Å². The predicted octanol–water partition coefficient (Wildman–Crippen LogP) is 1.90. The van der Waals surface area contributed by atoms with Crippen LogP contribution in [0.5, 0.6) is 0 Å². The molecule has 6 heteroatoms. The van der Waals surface area contributed by atoms with Crippen molar-refractivity contribution in [2.75, 3.05) is 25.4 Å². The number of esters is 1. The minimum absolute atomic E-state index is 0.196. The highest BCUT2D eigenvalue weighted by Gasteiger charge is 2.34. The fraction of sp³-hybridized carbons (Fsp3) is 0.833. The topological polar surface area (TPSA) is 55.8 Å². The van der Waals surface area contributed by atoms with Crippen LogP contribution in [0.3, 0.4) is 0 Å². The molecule has 0 aromatic heterocycles. The number of carbonyl (C=O) groups excluding carboxylic acids is 2. The summed E-state index contributed by atoms with van der Waals surface area (Å²) in [5.74, 6) is 0.152. The van der Waals surface area contributed by atoms with Crippen molar-refractivity contribution in [2.45, 2.75) is 38.5 Å². The maximum absolute atomic E-state index is 11.6. The second-order valence-electron chi connectivity index (χ2n) is 5.12. The van der Waals surface area contributed by atoms with E-state index in [9.17, 15) is 9.59 Å². The Morgan fingerprint density at radius 1 is 1.33 bits per heavy atom. The Balaban J connectivity index is 2.16. The van der Waals surface area contributed by atoms with Gasteiger partial charge in [-0.3, -0.25) is 4.79 Å². The predicted molar refractivity (Wildman–Crippen MR) is 70.7 cm³/mol. The first-order chi connectivity index (χ1) is 8.31. The van der Waals surface area contributed by atoms with Crippen molar-refractivity contribution >= 4 is 23.8 Å². The van der Waals surface area contributed by atoms with Crippen molar-refractivity contribution in [1.29, 1.82) is 0 Å². The Bertz CT molecular complexity index is 308. The highest BCUT2D eigenvalue weighted by atomic mass is 32.2. The molecule has 0 bridgehead atoms. The molecule has 1 rings (SSSR count). The van der Waals surface area contributed by atoms with Crippen LogP contribution in [0, 0.1) is 0 Å². The van der Waals surface area contributed by atoms with Gasteiger partial charge in [-0.05, 0) is 27.7 Å². The second-order valence-corrected chi connectivity index (χ2v) is 6.41. The minimum atomic E-state index is -0.458. The fourth-order valence-corrected chi connectivity index (χ4v) is 2.43. The van der Waals surface area contributed by atoms with Gasteiger partial charge < -0.3 is 14.4 Å². The Morgan fingerprint density at radius 2 is 1.94 bits per heavy atom. The maximum atomic E-state index is 11.6. The van der Waals surface area contributed by atoms with Gasteiger partial charge in [-0.1, -0.05) is 0 Å². The van der Waals surface area contributed by atoms with E-state index in [1.54, 1.807) is 11.8 Å². The molecule has 1 saturated heterocycles. The van der Waals surface area contributed by atoms with Crippen molar-refractivity contribution in [3.8, 4) is 0 Å². The number of ether oxygens (including phenoxy) is 2. The molecule has 1 amide bonds. The summed E-state index contributed by atoms with van der Waals surface area (Å²) in [4.78, 5) is 24.4. The average Bonchev–Trinajstić information content (AvgIpc) is 2.12. The van der Waals surface area contributed by atoms with Gasteiger partial charge in [0.05, 0.1) is 12.4 Å². The molecule has 1 aliphatic rings. The van der Waals surface area contributed by atoms with Gasteiger partial charge in [0.15, 0.2) is 0 Å². The van der Waals surface area contributed by atoms with E-state index in [1.165, 1.54) is 11.8 Å². The van der Waals surface area contributed by atoms with Crippen LogP contribution in [-0.4, -0.2) is 53.3 Å². The number of rotatable bonds is 4. The lowest BCUT2D eigenvalue weighted by molar-refractivity contribution is -0.139. The first kappa shape index (κ1) is 15.1. The number of thioether (sulfide) groups is 1. The first-order valence-corrected chi connectivity index (χ1v) is 7.12. The summed E-state index contributed by atoms with van der Waals surface area (Å²) >= 11 is 1.53. The van der Waals surface area contributed by atoms with Crippen molar-refractivity contribution in [3.63, 3.8) is 0 Å². The Hall–Kier alpha value is -0.910. The molecule has 1 aliphatic heterocycles. The summed E-state index contributed by atoms with van der Waals surface area (Å²) in [5, 5.41) is 0.307. The standard InChI is InChI=1S/C12H21NO4S/c1-5-16-10(14)8-18-9-6-13(7-9)11(15)17-12(2,3)4/h9H,5-8H2,1-4H3. The molecule has 0 unspecified atom stereocenters. The van der Waals surface area contributed by atoms with Crippen LogP contribution in [0.4, 0.5) is 4.79 Å². The number of hydrogen-bond donors (Lipinski definition) is 0. The number of nitrogens with zero attached hydrogens (tertiary/aromatic N) is 1. The molecule has 0 saturated carbocycles. The highest BCUT2D eigenvalue weighted by molar-refractivity contribution is 8.00. The first-order valence-electron chi connectivity index (χ1n) is 6.07. The molecule has 0 spiro atoms. The smallest absolute Gasteiger partial charge is 0.410 e. The van der Waals surface area contributed by atoms with Gasteiger partial charge in [0.25, 0.3) is 0 Å². The molecule has 0 radical (unpaired) electrons. The molecule has 0 atom stereocenters. The zero-order valence-corrected chi connectivity index (χ0v) is 12.2. The SMILES string of the molecule is CCOC(=O)CSC1CN(C(=O)OC(C)(C)C)C1. The van der Waals surface area contributed by atoms with E-state index in [2.05, 4.69) is 0 Å². The van der Waals surface area contributed by atoms with Crippen LogP contribution in [-0.2, 0) is 14.3 Å². The molecule has 0 aliphatic carbocycles. The highest BCUT2D eigenvalue weighted by Crippen LogP contribution is 2.24. The molecule has 0 N–H and O–H groups in total. The van der Waals surface area contributed by atoms with E-state index < -0.39 is 5.60 Å². The third-order valence-electron chi connectivity index (χ3n) is 2.24. The number of amides is 1. The molecule has 104 valence electrons. The third-order valence-corrected chi connectivity index (χ3v) is 3.41. The molecule has 5 nitrogen and oxygen atoms in total. The van der Waals surface area contributed by atoms with Gasteiger partial charge in [0.1, 0.15) is 5.60 Å². The normalized spacial score (nSPS) is 16.1. The van der Waals surface area contributed by atoms with E-state index in [1.807, 2.05) is 20.8 Å². The van der Waals surface area contributed by atoms with E-state index >= 15 is 0 Å². The van der Waals surface area contributed by atoms with Crippen LogP contribution >= 0.6 is 11.8 Å². The Morgan fingerprint density at radius 3 is 2.44 bits per heavy atom. The van der Waals surface area contributed by atoms with Crippen molar-refractivity contribution in [3.05, 3.63) is 0 Å². The van der Waals surface area contributed by atoms with E-state index in [4.69, 9.17) is 9.47 Å². The van der Waals surface area contributed by atoms with Crippen LogP contribution in [0.1, 0.15) is 27.7 Å². The summed E-state index contributed by atoms with van der Waals surface area (Å²) in [5.41, 5.74) is -0.458. The third kappa shape index (κ3) is 5.16. The zero-order valence-electron chi connectivity index (χ0n) is 11.4. The van der Waals surface area contributed by atoms with Gasteiger partial charge in [0.2, 0.25) is 0 Å². The second kappa shape index (κ2) is 6.31. The maximum Gasteiger partial charge on any atom is 0.410 e. The number of likely N-dealkylation sites (tertiary alicyclic amines) is 1. The van der Waals surface area contributed by atoms with Gasteiger partial charge in [-0.25, -0.2) is 4.79 Å². The van der Waals surface area contributed by atoms with Crippen LogP contribution in [0.25, 0.3) is 0 Å². The molecule has 1 heterocycles. The average molecular weight is 275 g/mol. The Kier molecular flexibility index (Phi) is 5.31. The van der Waals surface area contributed by atoms with Crippen molar-refractivity contribution in [2.24, 2.45) is 0 Å². The van der Waals surface area contributed by atoms with Crippen LogP contribution < -0.4 is 0 Å². The summed E-state index contributed by atoms with van der Waals surface area (Å²) in [6, 6.07) is 0. The summed E-state index contributed by atoms with van der Waals surface area (Å²) in [6.45, 7) is 9.01. The largest absolute Gasteiger partial charge is 0.465 e. The summed E-state index contributed by atoms with van der Waals surface area (Å²) in [6.07, 6.45) is -0.282. The minimum Gasteiger partial charge on any atom is -0.465 e. The zero-order chi connectivity index (χ0) is 13.8. The monoisotopic (exact) mass is 275 g/mol. The van der Waals surface area contributed by atoms with E-state index in [0.717, 1.165) is 0 Å². The van der Waals surface area contributed by atoms with E-state index in [0.29, 0.717) is 30.7 Å². The van der Waals surface area contributed by atoms with Crippen LogP contribution in [0.15, 0.2) is 0 Å². The summed E-state index contributed by atoms with van der Waals surface area (Å²) < 4.78 is 10.1. The number of hydrogen-bond acceptors (Lipinski definition) is 5. The van der Waals surface area contributed by atoms with Crippen molar-refractivity contribution < 1.29 is 19.1 Å². The molecule has 1 fully saturated rings. The lowest BCUT2D eigenvalue weighted by Gasteiger charge is -2.39. The lowest BCUT2D eigenvalue weighted by Crippen LogP contribution is -2.53. The molecule has 0 aromatic rings. The van der Waals surface area contributed by atoms with Gasteiger partial charge in [-0.2, -0.15) is 0 Å². The quantitative estimate of drug-likeness (QED) is 0.733.